The molecule has 4 heteroatoms. The van der Waals surface area contributed by atoms with Gasteiger partial charge in [-0.2, -0.15) is 0 Å². The summed E-state index contributed by atoms with van der Waals surface area (Å²) in [6, 6.07) is 8.53. The van der Waals surface area contributed by atoms with Crippen LogP contribution < -0.4 is 5.73 Å². The maximum absolute atomic E-state index is 12.6. The van der Waals surface area contributed by atoms with Crippen LogP contribution >= 0.6 is 0 Å². The van der Waals surface area contributed by atoms with Crippen molar-refractivity contribution in [2.75, 3.05) is 26.2 Å². The number of benzene rings is 1. The largest absolute Gasteiger partial charge is 0.336 e. The second-order valence-corrected chi connectivity index (χ2v) is 7.47. The van der Waals surface area contributed by atoms with E-state index in [0.29, 0.717) is 6.54 Å². The smallest absolute Gasteiger partial charge is 0.253 e. The maximum atomic E-state index is 12.6. The molecule has 1 saturated heterocycles. The van der Waals surface area contributed by atoms with Gasteiger partial charge in [-0.15, -0.1) is 0 Å². The number of fused-ring (bicyclic) bond motifs is 2. The van der Waals surface area contributed by atoms with Crippen LogP contribution in [0.15, 0.2) is 24.3 Å². The molecule has 1 heterocycles. The number of hydrogen-bond donors (Lipinski definition) is 1. The Morgan fingerprint density at radius 3 is 2.35 bits per heavy atom. The van der Waals surface area contributed by atoms with Gasteiger partial charge in [0.2, 0.25) is 0 Å². The van der Waals surface area contributed by atoms with Crippen LogP contribution in [0.5, 0.6) is 0 Å². The Labute approximate surface area is 138 Å². The third kappa shape index (κ3) is 2.90. The van der Waals surface area contributed by atoms with Crippen LogP contribution in [0.1, 0.15) is 41.6 Å². The zero-order valence-corrected chi connectivity index (χ0v) is 13.8. The number of nitrogens with zero attached hydrogens (tertiary/aromatic N) is 2. The lowest BCUT2D eigenvalue weighted by atomic mass is 9.93. The molecule has 0 spiro atoms. The number of carbonyl (C=O) groups excluding carboxylic acids is 1. The van der Waals surface area contributed by atoms with Gasteiger partial charge in [0.25, 0.3) is 5.91 Å². The zero-order chi connectivity index (χ0) is 15.8. The molecule has 3 aliphatic rings. The van der Waals surface area contributed by atoms with Gasteiger partial charge in [-0.25, -0.2) is 0 Å². The number of nitrogens with two attached hydrogens (primary N) is 1. The average molecular weight is 313 g/mol. The van der Waals surface area contributed by atoms with Crippen molar-refractivity contribution in [2.24, 2.45) is 17.6 Å². The second-order valence-electron chi connectivity index (χ2n) is 7.47. The van der Waals surface area contributed by atoms with Crippen molar-refractivity contribution in [2.45, 2.75) is 38.3 Å². The topological polar surface area (TPSA) is 49.6 Å². The standard InChI is InChI=1S/C19H27N3O/c20-13-14-1-4-16(5-2-14)19(23)22-9-7-21(8-10-22)18-12-15-3-6-17(18)11-15/h1-2,4-5,15,17-18H,3,6-13,20H2. The van der Waals surface area contributed by atoms with E-state index in [1.807, 2.05) is 29.2 Å². The van der Waals surface area contributed by atoms with Crippen LogP contribution in [0.2, 0.25) is 0 Å². The van der Waals surface area contributed by atoms with Crippen molar-refractivity contribution in [1.82, 2.24) is 9.80 Å². The van der Waals surface area contributed by atoms with E-state index in [1.54, 1.807) is 0 Å². The van der Waals surface area contributed by atoms with Crippen LogP contribution in [0.3, 0.4) is 0 Å². The highest BCUT2D eigenvalue weighted by Gasteiger charge is 2.42. The number of hydrogen-bond acceptors (Lipinski definition) is 3. The van der Waals surface area contributed by atoms with Gasteiger partial charge in [-0.05, 0) is 48.8 Å². The Morgan fingerprint density at radius 2 is 1.78 bits per heavy atom. The number of piperazine rings is 1. The van der Waals surface area contributed by atoms with E-state index in [2.05, 4.69) is 4.90 Å². The molecule has 3 fully saturated rings. The maximum Gasteiger partial charge on any atom is 0.253 e. The third-order valence-corrected chi connectivity index (χ3v) is 6.21. The van der Waals surface area contributed by atoms with Crippen LogP contribution in [0.4, 0.5) is 0 Å². The van der Waals surface area contributed by atoms with Gasteiger partial charge in [0, 0.05) is 44.3 Å². The fourth-order valence-corrected chi connectivity index (χ4v) is 4.88. The van der Waals surface area contributed by atoms with E-state index in [-0.39, 0.29) is 5.91 Å². The lowest BCUT2D eigenvalue weighted by Crippen LogP contribution is -2.53. The highest BCUT2D eigenvalue weighted by atomic mass is 16.2. The molecule has 0 radical (unpaired) electrons. The second kappa shape index (κ2) is 6.25. The molecule has 3 unspecified atom stereocenters. The van der Waals surface area contributed by atoms with Crippen molar-refractivity contribution >= 4 is 5.91 Å². The minimum absolute atomic E-state index is 0.168. The first-order chi connectivity index (χ1) is 11.2. The van der Waals surface area contributed by atoms with E-state index in [0.717, 1.165) is 55.2 Å². The summed E-state index contributed by atoms with van der Waals surface area (Å²) in [6.45, 7) is 4.34. The molecule has 0 aromatic heterocycles. The Bertz CT molecular complexity index is 562. The van der Waals surface area contributed by atoms with Crippen LogP contribution in [-0.2, 0) is 6.54 Å². The van der Waals surface area contributed by atoms with Gasteiger partial charge >= 0.3 is 0 Å². The molecule has 1 aliphatic heterocycles. The van der Waals surface area contributed by atoms with E-state index in [1.165, 1.54) is 25.7 Å². The Balaban J connectivity index is 1.34. The summed E-state index contributed by atoms with van der Waals surface area (Å²) in [4.78, 5) is 17.3. The van der Waals surface area contributed by atoms with Crippen LogP contribution in [0.25, 0.3) is 0 Å². The molecule has 23 heavy (non-hydrogen) atoms. The number of rotatable bonds is 3. The molecular weight excluding hydrogens is 286 g/mol. The van der Waals surface area contributed by atoms with Gasteiger partial charge in [-0.3, -0.25) is 9.69 Å². The van der Waals surface area contributed by atoms with E-state index in [4.69, 9.17) is 5.73 Å². The van der Waals surface area contributed by atoms with Crippen LogP contribution in [0, 0.1) is 11.8 Å². The lowest BCUT2D eigenvalue weighted by Gasteiger charge is -2.41. The number of carbonyl (C=O) groups is 1. The fourth-order valence-electron chi connectivity index (χ4n) is 4.88. The van der Waals surface area contributed by atoms with Gasteiger partial charge in [0.15, 0.2) is 0 Å². The molecule has 2 saturated carbocycles. The summed E-state index contributed by atoms with van der Waals surface area (Å²) >= 11 is 0. The molecule has 4 nitrogen and oxygen atoms in total. The van der Waals surface area contributed by atoms with Crippen molar-refractivity contribution in [3.63, 3.8) is 0 Å². The molecule has 1 aromatic carbocycles. The average Bonchev–Trinajstić information content (AvgIpc) is 3.25. The summed E-state index contributed by atoms with van der Waals surface area (Å²) in [5.41, 5.74) is 7.48. The first-order valence-corrected chi connectivity index (χ1v) is 9.07. The quantitative estimate of drug-likeness (QED) is 0.929. The molecule has 4 rings (SSSR count). The Kier molecular flexibility index (Phi) is 4.12. The van der Waals surface area contributed by atoms with Gasteiger partial charge in [-0.1, -0.05) is 18.6 Å². The first kappa shape index (κ1) is 15.2. The fraction of sp³-hybridized carbons (Fsp3) is 0.632. The summed E-state index contributed by atoms with van der Waals surface area (Å²) in [6.07, 6.45) is 5.75. The molecule has 2 aliphatic carbocycles. The molecular formula is C19H27N3O. The minimum Gasteiger partial charge on any atom is -0.336 e. The van der Waals surface area contributed by atoms with E-state index in [9.17, 15) is 4.79 Å². The summed E-state index contributed by atoms with van der Waals surface area (Å²) in [5, 5.41) is 0. The van der Waals surface area contributed by atoms with Crippen molar-refractivity contribution in [1.29, 1.82) is 0 Å². The van der Waals surface area contributed by atoms with E-state index >= 15 is 0 Å². The summed E-state index contributed by atoms with van der Waals surface area (Å²) in [5.74, 6) is 2.10. The predicted octanol–water partition coefficient (Wildman–Crippen LogP) is 2.09. The molecule has 1 amide bonds. The molecule has 3 atom stereocenters. The first-order valence-electron chi connectivity index (χ1n) is 9.07. The van der Waals surface area contributed by atoms with Crippen molar-refractivity contribution < 1.29 is 4.79 Å². The number of amides is 1. The Hall–Kier alpha value is -1.39. The SMILES string of the molecule is NCc1ccc(C(=O)N2CCN(C3CC4CCC3C4)CC2)cc1. The third-order valence-electron chi connectivity index (χ3n) is 6.21. The highest BCUT2D eigenvalue weighted by Crippen LogP contribution is 2.46. The summed E-state index contributed by atoms with van der Waals surface area (Å²) < 4.78 is 0. The van der Waals surface area contributed by atoms with Gasteiger partial charge < -0.3 is 10.6 Å². The zero-order valence-electron chi connectivity index (χ0n) is 13.8. The lowest BCUT2D eigenvalue weighted by molar-refractivity contribution is 0.0496. The highest BCUT2D eigenvalue weighted by molar-refractivity contribution is 5.94. The van der Waals surface area contributed by atoms with Crippen LogP contribution in [-0.4, -0.2) is 47.9 Å². The van der Waals surface area contributed by atoms with Crippen molar-refractivity contribution in [3.8, 4) is 0 Å². The molecule has 1 aromatic rings. The van der Waals surface area contributed by atoms with Crippen molar-refractivity contribution in [3.05, 3.63) is 35.4 Å². The normalized spacial score (nSPS) is 30.8. The van der Waals surface area contributed by atoms with Gasteiger partial charge in [0.1, 0.15) is 0 Å². The molecule has 2 N–H and O–H groups in total. The summed E-state index contributed by atoms with van der Waals surface area (Å²) in [7, 11) is 0. The molecule has 2 bridgehead atoms. The molecule has 124 valence electrons. The van der Waals surface area contributed by atoms with E-state index < -0.39 is 0 Å². The van der Waals surface area contributed by atoms with Gasteiger partial charge in [0.05, 0.1) is 0 Å². The predicted molar refractivity (Wildman–Crippen MR) is 91.0 cm³/mol. The Morgan fingerprint density at radius 1 is 1.04 bits per heavy atom. The monoisotopic (exact) mass is 313 g/mol. The minimum atomic E-state index is 0.168.